The molecule has 1 aliphatic rings. The first-order chi connectivity index (χ1) is 16.0. The Hall–Kier alpha value is -3.57. The van der Waals surface area contributed by atoms with Crippen molar-refractivity contribution in [1.29, 1.82) is 0 Å². The summed E-state index contributed by atoms with van der Waals surface area (Å²) in [5.41, 5.74) is 5.40. The van der Waals surface area contributed by atoms with Gasteiger partial charge in [-0.05, 0) is 41.8 Å². The number of ether oxygens (including phenoxy) is 2. The molecule has 5 nitrogen and oxygen atoms in total. The second-order valence-electron chi connectivity index (χ2n) is 8.81. The SMILES string of the molecule is COc1ccc(-c2cc(=O)oc3c(C)c4c(cc23)C[NH+](C[C@H](C)c2ccccc2)CO4)cc1. The molecule has 0 amide bonds. The largest absolute Gasteiger partial charge is 0.497 e. The third-order valence-electron chi connectivity index (χ3n) is 6.52. The molecule has 0 saturated carbocycles. The Morgan fingerprint density at radius 1 is 1.06 bits per heavy atom. The topological polar surface area (TPSA) is 53.1 Å². The minimum absolute atomic E-state index is 0.365. The maximum Gasteiger partial charge on any atom is 0.336 e. The first-order valence-electron chi connectivity index (χ1n) is 11.3. The van der Waals surface area contributed by atoms with Crippen LogP contribution < -0.4 is 20.0 Å². The highest BCUT2D eigenvalue weighted by atomic mass is 16.5. The maximum absolute atomic E-state index is 12.4. The van der Waals surface area contributed by atoms with E-state index in [1.165, 1.54) is 10.5 Å². The number of benzene rings is 3. The summed E-state index contributed by atoms with van der Waals surface area (Å²) in [5, 5.41) is 0.928. The third-order valence-corrected chi connectivity index (χ3v) is 6.52. The van der Waals surface area contributed by atoms with Crippen LogP contribution in [0.25, 0.3) is 22.1 Å². The number of quaternary nitrogens is 1. The first-order valence-corrected chi connectivity index (χ1v) is 11.3. The van der Waals surface area contributed by atoms with Gasteiger partial charge in [0, 0.05) is 28.5 Å². The van der Waals surface area contributed by atoms with Crippen molar-refractivity contribution in [2.24, 2.45) is 0 Å². The number of fused-ring (bicyclic) bond motifs is 2. The van der Waals surface area contributed by atoms with Crippen LogP contribution in [0.3, 0.4) is 0 Å². The van der Waals surface area contributed by atoms with E-state index in [4.69, 9.17) is 13.9 Å². The number of aryl methyl sites for hydroxylation is 1. The van der Waals surface area contributed by atoms with E-state index in [9.17, 15) is 4.79 Å². The molecule has 1 aromatic heterocycles. The molecule has 0 spiro atoms. The quantitative estimate of drug-likeness (QED) is 0.468. The van der Waals surface area contributed by atoms with Crippen molar-refractivity contribution in [3.63, 3.8) is 0 Å². The maximum atomic E-state index is 12.4. The number of hydrogen-bond donors (Lipinski definition) is 1. The molecular weight excluding hydrogens is 414 g/mol. The van der Waals surface area contributed by atoms with Gasteiger partial charge in [0.1, 0.15) is 23.6 Å². The van der Waals surface area contributed by atoms with Gasteiger partial charge in [-0.1, -0.05) is 49.4 Å². The highest BCUT2D eigenvalue weighted by Crippen LogP contribution is 2.37. The molecule has 0 saturated heterocycles. The minimum atomic E-state index is -0.365. The average Bonchev–Trinajstić information content (AvgIpc) is 2.85. The monoisotopic (exact) mass is 442 g/mol. The van der Waals surface area contributed by atoms with Gasteiger partial charge in [0.05, 0.1) is 13.7 Å². The summed E-state index contributed by atoms with van der Waals surface area (Å²) >= 11 is 0. The number of rotatable bonds is 5. The van der Waals surface area contributed by atoms with Gasteiger partial charge in [0.15, 0.2) is 0 Å². The Morgan fingerprint density at radius 3 is 2.55 bits per heavy atom. The molecule has 1 N–H and O–H groups in total. The number of methoxy groups -OCH3 is 1. The van der Waals surface area contributed by atoms with Crippen LogP contribution in [0, 0.1) is 6.92 Å². The summed E-state index contributed by atoms with van der Waals surface area (Å²) in [4.78, 5) is 13.8. The predicted octanol–water partition coefficient (Wildman–Crippen LogP) is 4.32. The molecule has 2 heterocycles. The van der Waals surface area contributed by atoms with Crippen molar-refractivity contribution in [2.75, 3.05) is 20.4 Å². The zero-order chi connectivity index (χ0) is 22.9. The van der Waals surface area contributed by atoms with Crippen LogP contribution in [0.1, 0.15) is 29.5 Å². The van der Waals surface area contributed by atoms with Gasteiger partial charge in [-0.15, -0.1) is 0 Å². The van der Waals surface area contributed by atoms with Crippen LogP contribution in [-0.2, 0) is 6.54 Å². The van der Waals surface area contributed by atoms with Crippen LogP contribution in [-0.4, -0.2) is 20.4 Å². The lowest BCUT2D eigenvalue weighted by Gasteiger charge is -2.29. The van der Waals surface area contributed by atoms with Gasteiger partial charge in [0.2, 0.25) is 6.73 Å². The molecule has 2 atom stereocenters. The Morgan fingerprint density at radius 2 is 1.82 bits per heavy atom. The van der Waals surface area contributed by atoms with Gasteiger partial charge in [-0.25, -0.2) is 4.79 Å². The molecule has 168 valence electrons. The van der Waals surface area contributed by atoms with E-state index in [0.29, 0.717) is 18.2 Å². The van der Waals surface area contributed by atoms with Gasteiger partial charge < -0.3 is 13.9 Å². The third kappa shape index (κ3) is 4.12. The zero-order valence-corrected chi connectivity index (χ0v) is 19.2. The summed E-state index contributed by atoms with van der Waals surface area (Å²) < 4.78 is 17.1. The van der Waals surface area contributed by atoms with Crippen molar-refractivity contribution in [2.45, 2.75) is 26.3 Å². The first kappa shape index (κ1) is 21.3. The van der Waals surface area contributed by atoms with Gasteiger partial charge in [0.25, 0.3) is 0 Å². The van der Waals surface area contributed by atoms with E-state index in [2.05, 4.69) is 43.3 Å². The van der Waals surface area contributed by atoms with E-state index < -0.39 is 0 Å². The molecule has 0 aliphatic carbocycles. The van der Waals surface area contributed by atoms with Crippen molar-refractivity contribution in [1.82, 2.24) is 0 Å². The smallest absolute Gasteiger partial charge is 0.336 e. The van der Waals surface area contributed by atoms with E-state index in [1.807, 2.05) is 31.2 Å². The van der Waals surface area contributed by atoms with Crippen molar-refractivity contribution >= 4 is 11.0 Å². The molecule has 0 bridgehead atoms. The molecule has 4 aromatic rings. The summed E-state index contributed by atoms with van der Waals surface area (Å²) in [6.45, 7) is 6.68. The molecule has 1 unspecified atom stereocenters. The lowest BCUT2D eigenvalue weighted by atomic mass is 9.96. The summed E-state index contributed by atoms with van der Waals surface area (Å²) in [5.74, 6) is 2.05. The van der Waals surface area contributed by atoms with E-state index in [0.717, 1.165) is 52.2 Å². The van der Waals surface area contributed by atoms with Gasteiger partial charge in [-0.2, -0.15) is 0 Å². The van der Waals surface area contributed by atoms with Crippen LogP contribution in [0.4, 0.5) is 0 Å². The van der Waals surface area contributed by atoms with E-state index in [1.54, 1.807) is 13.2 Å². The molecule has 0 radical (unpaired) electrons. The van der Waals surface area contributed by atoms with E-state index >= 15 is 0 Å². The lowest BCUT2D eigenvalue weighted by Crippen LogP contribution is -3.12. The van der Waals surface area contributed by atoms with Crippen LogP contribution in [0.2, 0.25) is 0 Å². The molecule has 5 rings (SSSR count). The molecule has 33 heavy (non-hydrogen) atoms. The minimum Gasteiger partial charge on any atom is -0.497 e. The second-order valence-corrected chi connectivity index (χ2v) is 8.81. The summed E-state index contributed by atoms with van der Waals surface area (Å²) in [6, 6.07) is 22.1. The summed E-state index contributed by atoms with van der Waals surface area (Å²) in [6.07, 6.45) is 0. The fourth-order valence-electron chi connectivity index (χ4n) is 4.81. The van der Waals surface area contributed by atoms with Crippen LogP contribution in [0.5, 0.6) is 11.5 Å². The highest BCUT2D eigenvalue weighted by molar-refractivity contribution is 5.96. The molecule has 0 fully saturated rings. The molecule has 1 aliphatic heterocycles. The van der Waals surface area contributed by atoms with Crippen molar-refractivity contribution in [3.05, 3.63) is 93.8 Å². The molecule has 5 heteroatoms. The Labute approximate surface area is 193 Å². The van der Waals surface area contributed by atoms with Gasteiger partial charge in [-0.3, -0.25) is 4.90 Å². The Kier molecular flexibility index (Phi) is 5.65. The fraction of sp³-hybridized carbons (Fsp3) is 0.250. The average molecular weight is 443 g/mol. The van der Waals surface area contributed by atoms with Crippen LogP contribution >= 0.6 is 0 Å². The zero-order valence-electron chi connectivity index (χ0n) is 19.2. The van der Waals surface area contributed by atoms with Crippen LogP contribution in [0.15, 0.2) is 75.9 Å². The standard InChI is InChI=1S/C28H27NO4/c1-18(20-7-5-4-6-8-20)15-29-16-22-13-25-24(21-9-11-23(31-3)12-10-21)14-26(30)33-28(25)19(2)27(22)32-17-29/h4-14,18H,15-17H2,1-3H3/p+1/t18-/m0/s1. The van der Waals surface area contributed by atoms with Gasteiger partial charge >= 0.3 is 5.63 Å². The molecule has 3 aromatic carbocycles. The fourth-order valence-corrected chi connectivity index (χ4v) is 4.81. The Bertz CT molecular complexity index is 1340. The van der Waals surface area contributed by atoms with E-state index in [-0.39, 0.29) is 5.63 Å². The predicted molar refractivity (Wildman–Crippen MR) is 129 cm³/mol. The molecular formula is C28H28NO4+. The van der Waals surface area contributed by atoms with Crippen molar-refractivity contribution < 1.29 is 18.8 Å². The highest BCUT2D eigenvalue weighted by Gasteiger charge is 2.27. The van der Waals surface area contributed by atoms with Crippen molar-refractivity contribution in [3.8, 4) is 22.6 Å². The lowest BCUT2D eigenvalue weighted by molar-refractivity contribution is -0.933. The second kappa shape index (κ2) is 8.75. The summed E-state index contributed by atoms with van der Waals surface area (Å²) in [7, 11) is 1.64. The number of hydrogen-bond acceptors (Lipinski definition) is 4. The number of nitrogens with one attached hydrogen (secondary N) is 1. The normalized spacial score (nSPS) is 16.2. The Balaban J connectivity index is 1.52.